The van der Waals surface area contributed by atoms with Crippen molar-refractivity contribution in [1.29, 1.82) is 0 Å². The highest BCUT2D eigenvalue weighted by atomic mass is 16.1. The molecule has 0 bridgehead atoms. The minimum atomic E-state index is -0.115. The quantitative estimate of drug-likeness (QED) is 0.500. The number of benzene rings is 2. The van der Waals surface area contributed by atoms with Crippen LogP contribution in [-0.2, 0) is 6.54 Å². The fourth-order valence-corrected chi connectivity index (χ4v) is 3.22. The van der Waals surface area contributed by atoms with Crippen LogP contribution < -0.4 is 5.56 Å². The maximum Gasteiger partial charge on any atom is 0.264 e. The summed E-state index contributed by atoms with van der Waals surface area (Å²) in [5.74, 6) is 0. The average Bonchev–Trinajstić information content (AvgIpc) is 3.15. The SMILES string of the molecule is O=c1c2cnn(-c3ccccc3)c2ncn1Cc1cnc2ccccc2c1. The van der Waals surface area contributed by atoms with Crippen LogP contribution in [-0.4, -0.2) is 24.3 Å². The molecule has 0 unspecified atom stereocenters. The topological polar surface area (TPSA) is 65.6 Å². The molecule has 27 heavy (non-hydrogen) atoms. The Kier molecular flexibility index (Phi) is 3.53. The van der Waals surface area contributed by atoms with E-state index < -0.39 is 0 Å². The van der Waals surface area contributed by atoms with Crippen LogP contribution in [0.2, 0.25) is 0 Å². The molecule has 0 saturated carbocycles. The Morgan fingerprint density at radius 1 is 0.889 bits per heavy atom. The van der Waals surface area contributed by atoms with Gasteiger partial charge in [0.25, 0.3) is 5.56 Å². The number of hydrogen-bond donors (Lipinski definition) is 0. The largest absolute Gasteiger partial charge is 0.294 e. The maximum absolute atomic E-state index is 12.9. The smallest absolute Gasteiger partial charge is 0.264 e. The standard InChI is InChI=1S/C21H15N5O/c27-21-18-12-24-26(17-7-2-1-3-8-17)20(18)23-14-25(21)13-15-10-16-6-4-5-9-19(16)22-11-15/h1-12,14H,13H2. The molecule has 0 N–H and O–H groups in total. The predicted molar refractivity (Wildman–Crippen MR) is 104 cm³/mol. The zero-order chi connectivity index (χ0) is 18.2. The number of para-hydroxylation sites is 2. The highest BCUT2D eigenvalue weighted by Crippen LogP contribution is 2.15. The van der Waals surface area contributed by atoms with Crippen LogP contribution in [0.25, 0.3) is 27.6 Å². The molecule has 0 amide bonds. The number of hydrogen-bond acceptors (Lipinski definition) is 4. The Hall–Kier alpha value is -3.80. The summed E-state index contributed by atoms with van der Waals surface area (Å²) in [7, 11) is 0. The summed E-state index contributed by atoms with van der Waals surface area (Å²) in [6.45, 7) is 0.413. The molecule has 6 nitrogen and oxygen atoms in total. The van der Waals surface area contributed by atoms with E-state index in [1.165, 1.54) is 0 Å². The first kappa shape index (κ1) is 15.5. The van der Waals surface area contributed by atoms with E-state index in [-0.39, 0.29) is 5.56 Å². The molecule has 5 rings (SSSR count). The van der Waals surface area contributed by atoms with Crippen molar-refractivity contribution in [2.45, 2.75) is 6.54 Å². The summed E-state index contributed by atoms with van der Waals surface area (Å²) in [6, 6.07) is 19.6. The minimum Gasteiger partial charge on any atom is -0.294 e. The number of fused-ring (bicyclic) bond motifs is 2. The van der Waals surface area contributed by atoms with Crippen LogP contribution in [0, 0.1) is 0 Å². The molecule has 5 aromatic rings. The summed E-state index contributed by atoms with van der Waals surface area (Å²) in [6.07, 6.45) is 4.94. The molecule has 3 aromatic heterocycles. The molecule has 0 atom stereocenters. The van der Waals surface area contributed by atoms with Gasteiger partial charge in [0.05, 0.1) is 23.9 Å². The van der Waals surface area contributed by atoms with Gasteiger partial charge in [-0.15, -0.1) is 0 Å². The lowest BCUT2D eigenvalue weighted by atomic mass is 10.1. The zero-order valence-electron chi connectivity index (χ0n) is 14.4. The second-order valence-corrected chi connectivity index (χ2v) is 6.34. The van der Waals surface area contributed by atoms with E-state index in [4.69, 9.17) is 0 Å². The van der Waals surface area contributed by atoms with Gasteiger partial charge in [-0.25, -0.2) is 9.67 Å². The van der Waals surface area contributed by atoms with Crippen LogP contribution in [0.3, 0.4) is 0 Å². The van der Waals surface area contributed by atoms with E-state index in [9.17, 15) is 4.79 Å². The second kappa shape index (κ2) is 6.17. The van der Waals surface area contributed by atoms with Crippen LogP contribution in [0.5, 0.6) is 0 Å². The summed E-state index contributed by atoms with van der Waals surface area (Å²) >= 11 is 0. The first-order chi connectivity index (χ1) is 13.3. The summed E-state index contributed by atoms with van der Waals surface area (Å²) in [4.78, 5) is 21.8. The van der Waals surface area contributed by atoms with Gasteiger partial charge in [0.2, 0.25) is 0 Å². The van der Waals surface area contributed by atoms with Gasteiger partial charge in [0, 0.05) is 11.6 Å². The van der Waals surface area contributed by atoms with Gasteiger partial charge >= 0.3 is 0 Å². The van der Waals surface area contributed by atoms with Crippen molar-refractivity contribution >= 4 is 21.9 Å². The van der Waals surface area contributed by atoms with Gasteiger partial charge < -0.3 is 0 Å². The Morgan fingerprint density at radius 2 is 1.70 bits per heavy atom. The van der Waals surface area contributed by atoms with E-state index in [0.717, 1.165) is 22.2 Å². The third kappa shape index (κ3) is 2.67. The molecule has 6 heteroatoms. The Labute approximate surface area is 154 Å². The Balaban J connectivity index is 1.56. The number of pyridine rings is 1. The summed E-state index contributed by atoms with van der Waals surface area (Å²) in [5.41, 5.74) is 3.20. The van der Waals surface area contributed by atoms with Crippen LogP contribution in [0.4, 0.5) is 0 Å². The lowest BCUT2D eigenvalue weighted by Gasteiger charge is -2.07. The molecule has 0 spiro atoms. The molecule has 2 aromatic carbocycles. The molecule has 0 aliphatic carbocycles. The third-order valence-corrected chi connectivity index (χ3v) is 4.56. The highest BCUT2D eigenvalue weighted by Gasteiger charge is 2.11. The lowest BCUT2D eigenvalue weighted by molar-refractivity contribution is 0.744. The van der Waals surface area contributed by atoms with Crippen molar-refractivity contribution in [3.63, 3.8) is 0 Å². The van der Waals surface area contributed by atoms with Gasteiger partial charge in [-0.05, 0) is 29.8 Å². The third-order valence-electron chi connectivity index (χ3n) is 4.56. The fraction of sp³-hybridized carbons (Fsp3) is 0.0476. The van der Waals surface area contributed by atoms with Crippen molar-refractivity contribution in [3.05, 3.63) is 95.3 Å². The Morgan fingerprint density at radius 3 is 2.59 bits per heavy atom. The average molecular weight is 353 g/mol. The lowest BCUT2D eigenvalue weighted by Crippen LogP contribution is -2.21. The van der Waals surface area contributed by atoms with Gasteiger partial charge in [-0.2, -0.15) is 5.10 Å². The number of aromatic nitrogens is 5. The van der Waals surface area contributed by atoms with Crippen molar-refractivity contribution in [3.8, 4) is 5.69 Å². The van der Waals surface area contributed by atoms with Crippen molar-refractivity contribution in [2.75, 3.05) is 0 Å². The monoisotopic (exact) mass is 353 g/mol. The summed E-state index contributed by atoms with van der Waals surface area (Å²) in [5, 5.41) is 5.89. The fourth-order valence-electron chi connectivity index (χ4n) is 3.22. The Bertz CT molecular complexity index is 1320. The van der Waals surface area contributed by atoms with E-state index in [0.29, 0.717) is 17.6 Å². The van der Waals surface area contributed by atoms with E-state index in [1.54, 1.807) is 28.0 Å². The minimum absolute atomic E-state index is 0.115. The number of rotatable bonds is 3. The molecule has 3 heterocycles. The zero-order valence-corrected chi connectivity index (χ0v) is 14.4. The van der Waals surface area contributed by atoms with Crippen LogP contribution >= 0.6 is 0 Å². The molecule has 0 saturated heterocycles. The van der Waals surface area contributed by atoms with Crippen LogP contribution in [0.15, 0.2) is 84.2 Å². The van der Waals surface area contributed by atoms with E-state index >= 15 is 0 Å². The number of nitrogens with zero attached hydrogens (tertiary/aromatic N) is 5. The molecule has 130 valence electrons. The van der Waals surface area contributed by atoms with Gasteiger partial charge in [0.1, 0.15) is 11.7 Å². The van der Waals surface area contributed by atoms with Gasteiger partial charge in [0.15, 0.2) is 5.65 Å². The molecule has 0 radical (unpaired) electrons. The second-order valence-electron chi connectivity index (χ2n) is 6.34. The normalized spacial score (nSPS) is 11.3. The van der Waals surface area contributed by atoms with E-state index in [1.807, 2.05) is 60.7 Å². The maximum atomic E-state index is 12.9. The van der Waals surface area contributed by atoms with Crippen molar-refractivity contribution < 1.29 is 0 Å². The summed E-state index contributed by atoms with van der Waals surface area (Å²) < 4.78 is 3.27. The van der Waals surface area contributed by atoms with E-state index in [2.05, 4.69) is 15.1 Å². The van der Waals surface area contributed by atoms with Gasteiger partial charge in [-0.3, -0.25) is 14.3 Å². The molecule has 0 fully saturated rings. The molecular weight excluding hydrogens is 338 g/mol. The predicted octanol–water partition coefficient (Wildman–Crippen LogP) is 3.18. The van der Waals surface area contributed by atoms with Crippen molar-refractivity contribution in [2.24, 2.45) is 0 Å². The molecular formula is C21H15N5O. The first-order valence-electron chi connectivity index (χ1n) is 8.62. The van der Waals surface area contributed by atoms with Gasteiger partial charge in [-0.1, -0.05) is 36.4 Å². The van der Waals surface area contributed by atoms with Crippen molar-refractivity contribution in [1.82, 2.24) is 24.3 Å². The first-order valence-corrected chi connectivity index (χ1v) is 8.62. The van der Waals surface area contributed by atoms with Crippen LogP contribution in [0.1, 0.15) is 5.56 Å². The molecule has 0 aliphatic heterocycles. The molecule has 0 aliphatic rings. The highest BCUT2D eigenvalue weighted by molar-refractivity contribution is 5.78.